The molecule has 0 aliphatic carbocycles. The molecule has 3 rings (SSSR count). The Hall–Kier alpha value is -1.85. The molecule has 2 aromatic carbocycles. The molecule has 2 nitrogen and oxygen atoms in total. The van der Waals surface area contributed by atoms with E-state index in [0.717, 1.165) is 11.6 Å². The van der Waals surface area contributed by atoms with Gasteiger partial charge in [0.05, 0.1) is 0 Å². The van der Waals surface area contributed by atoms with Crippen molar-refractivity contribution in [3.8, 4) is 0 Å². The molecule has 0 aromatic heterocycles. The average Bonchev–Trinajstić information content (AvgIpc) is 2.86. The van der Waals surface area contributed by atoms with E-state index in [1.165, 1.54) is 0 Å². The Morgan fingerprint density at radius 3 is 2.36 bits per heavy atom. The Morgan fingerprint density at radius 1 is 0.955 bits per heavy atom. The van der Waals surface area contributed by atoms with Crippen molar-refractivity contribution in [1.82, 2.24) is 4.90 Å². The normalized spacial score (nSPS) is 22.2. The Morgan fingerprint density at radius 2 is 1.64 bits per heavy atom. The van der Waals surface area contributed by atoms with Gasteiger partial charge in [0, 0.05) is 43.2 Å². The highest BCUT2D eigenvalue weighted by atomic mass is 19.2. The summed E-state index contributed by atoms with van der Waals surface area (Å²) in [6, 6.07) is 11.4. The third kappa shape index (κ3) is 3.00. The minimum atomic E-state index is -1.17. The van der Waals surface area contributed by atoms with Gasteiger partial charge in [-0.05, 0) is 11.6 Å². The van der Waals surface area contributed by atoms with Gasteiger partial charge in [-0.2, -0.15) is 0 Å². The van der Waals surface area contributed by atoms with Gasteiger partial charge in [0.25, 0.3) is 0 Å². The van der Waals surface area contributed by atoms with Crippen LogP contribution < -0.4 is 5.73 Å². The van der Waals surface area contributed by atoms with Crippen molar-refractivity contribution in [2.24, 2.45) is 5.73 Å². The summed E-state index contributed by atoms with van der Waals surface area (Å²) in [6.07, 6.45) is 0. The first-order valence-electron chi connectivity index (χ1n) is 7.21. The SMILES string of the molecule is N[C@@H]1CN(Cc2cc(F)c(F)cc2F)C[C@H]1c1ccccc1. The van der Waals surface area contributed by atoms with E-state index in [-0.39, 0.29) is 24.1 Å². The molecule has 116 valence electrons. The van der Waals surface area contributed by atoms with E-state index in [9.17, 15) is 13.2 Å². The molecule has 2 N–H and O–H groups in total. The van der Waals surface area contributed by atoms with E-state index in [4.69, 9.17) is 5.73 Å². The zero-order valence-corrected chi connectivity index (χ0v) is 12.0. The fourth-order valence-electron chi connectivity index (χ4n) is 3.02. The van der Waals surface area contributed by atoms with E-state index in [2.05, 4.69) is 0 Å². The van der Waals surface area contributed by atoms with Crippen molar-refractivity contribution in [2.45, 2.75) is 18.5 Å². The van der Waals surface area contributed by atoms with Crippen molar-refractivity contribution >= 4 is 0 Å². The minimum Gasteiger partial charge on any atom is -0.326 e. The van der Waals surface area contributed by atoms with Crippen LogP contribution in [0.25, 0.3) is 0 Å². The number of likely N-dealkylation sites (tertiary alicyclic amines) is 1. The van der Waals surface area contributed by atoms with Crippen molar-refractivity contribution in [3.05, 3.63) is 71.0 Å². The third-order valence-electron chi connectivity index (χ3n) is 4.15. The van der Waals surface area contributed by atoms with Crippen molar-refractivity contribution < 1.29 is 13.2 Å². The lowest BCUT2D eigenvalue weighted by atomic mass is 9.95. The molecule has 0 saturated carbocycles. The van der Waals surface area contributed by atoms with Crippen LogP contribution in [0.15, 0.2) is 42.5 Å². The Kier molecular flexibility index (Phi) is 4.18. The summed E-state index contributed by atoms with van der Waals surface area (Å²) in [5.74, 6) is -2.76. The maximum atomic E-state index is 13.7. The highest BCUT2D eigenvalue weighted by molar-refractivity contribution is 5.25. The van der Waals surface area contributed by atoms with Gasteiger partial charge in [0.1, 0.15) is 5.82 Å². The third-order valence-corrected chi connectivity index (χ3v) is 4.15. The van der Waals surface area contributed by atoms with Crippen LogP contribution >= 0.6 is 0 Å². The van der Waals surface area contributed by atoms with Gasteiger partial charge in [-0.3, -0.25) is 4.90 Å². The number of benzene rings is 2. The smallest absolute Gasteiger partial charge is 0.161 e. The van der Waals surface area contributed by atoms with E-state index < -0.39 is 17.5 Å². The maximum absolute atomic E-state index is 13.7. The lowest BCUT2D eigenvalue weighted by Crippen LogP contribution is -2.28. The van der Waals surface area contributed by atoms with Gasteiger partial charge in [0.2, 0.25) is 0 Å². The first-order chi connectivity index (χ1) is 10.5. The summed E-state index contributed by atoms with van der Waals surface area (Å²) in [5.41, 5.74) is 7.47. The van der Waals surface area contributed by atoms with E-state index in [0.29, 0.717) is 19.2 Å². The first kappa shape index (κ1) is 15.1. The van der Waals surface area contributed by atoms with E-state index >= 15 is 0 Å². The summed E-state index contributed by atoms with van der Waals surface area (Å²) in [6.45, 7) is 1.49. The second kappa shape index (κ2) is 6.10. The Bertz CT molecular complexity index is 660. The molecule has 0 bridgehead atoms. The first-order valence-corrected chi connectivity index (χ1v) is 7.21. The quantitative estimate of drug-likeness (QED) is 0.883. The lowest BCUT2D eigenvalue weighted by Gasteiger charge is -2.16. The van der Waals surface area contributed by atoms with Crippen LogP contribution in [0.3, 0.4) is 0 Å². The van der Waals surface area contributed by atoms with Crippen LogP contribution in [0.2, 0.25) is 0 Å². The summed E-state index contributed by atoms with van der Waals surface area (Å²) >= 11 is 0. The molecule has 1 saturated heterocycles. The van der Waals surface area contributed by atoms with E-state index in [1.807, 2.05) is 35.2 Å². The molecule has 0 radical (unpaired) electrons. The van der Waals surface area contributed by atoms with E-state index in [1.54, 1.807) is 0 Å². The molecule has 5 heteroatoms. The van der Waals surface area contributed by atoms with Crippen LogP contribution in [0.5, 0.6) is 0 Å². The Balaban J connectivity index is 1.74. The summed E-state index contributed by atoms with van der Waals surface area (Å²) in [5, 5.41) is 0. The predicted molar refractivity (Wildman–Crippen MR) is 78.8 cm³/mol. The lowest BCUT2D eigenvalue weighted by molar-refractivity contribution is 0.316. The maximum Gasteiger partial charge on any atom is 0.161 e. The van der Waals surface area contributed by atoms with Gasteiger partial charge in [-0.15, -0.1) is 0 Å². The zero-order valence-electron chi connectivity index (χ0n) is 12.0. The highest BCUT2D eigenvalue weighted by Gasteiger charge is 2.31. The molecule has 0 spiro atoms. The second-order valence-electron chi connectivity index (χ2n) is 5.73. The number of nitrogens with two attached hydrogens (primary N) is 1. The molecule has 1 fully saturated rings. The number of hydrogen-bond acceptors (Lipinski definition) is 2. The molecule has 1 heterocycles. The summed E-state index contributed by atoms with van der Waals surface area (Å²) < 4.78 is 40.0. The van der Waals surface area contributed by atoms with Gasteiger partial charge in [0.15, 0.2) is 11.6 Å². The number of rotatable bonds is 3. The molecule has 1 aliphatic heterocycles. The fraction of sp³-hybridized carbons (Fsp3) is 0.294. The number of nitrogens with zero attached hydrogens (tertiary/aromatic N) is 1. The highest BCUT2D eigenvalue weighted by Crippen LogP contribution is 2.28. The molecule has 0 unspecified atom stereocenters. The number of hydrogen-bond donors (Lipinski definition) is 1. The monoisotopic (exact) mass is 306 g/mol. The molecular weight excluding hydrogens is 289 g/mol. The molecule has 22 heavy (non-hydrogen) atoms. The number of halogens is 3. The van der Waals surface area contributed by atoms with Gasteiger partial charge < -0.3 is 5.73 Å². The Labute approximate surface area is 127 Å². The van der Waals surface area contributed by atoms with Gasteiger partial charge in [-0.25, -0.2) is 13.2 Å². The minimum absolute atomic E-state index is 0.0595. The predicted octanol–water partition coefficient (Wildman–Crippen LogP) is 3.03. The average molecular weight is 306 g/mol. The van der Waals surface area contributed by atoms with Crippen LogP contribution in [0, 0.1) is 17.5 Å². The van der Waals surface area contributed by atoms with Gasteiger partial charge >= 0.3 is 0 Å². The molecule has 1 aliphatic rings. The zero-order chi connectivity index (χ0) is 15.7. The summed E-state index contributed by atoms with van der Waals surface area (Å²) in [4.78, 5) is 1.97. The standard InChI is InChI=1S/C17H17F3N2/c18-14-7-16(20)15(19)6-12(14)8-22-9-13(17(21)10-22)11-4-2-1-3-5-11/h1-7,13,17H,8-10,21H2/t13-,17+/m0/s1. The largest absolute Gasteiger partial charge is 0.326 e. The fourth-order valence-corrected chi connectivity index (χ4v) is 3.02. The van der Waals surface area contributed by atoms with Crippen molar-refractivity contribution in [3.63, 3.8) is 0 Å². The topological polar surface area (TPSA) is 29.3 Å². The molecular formula is C17H17F3N2. The van der Waals surface area contributed by atoms with Crippen molar-refractivity contribution in [1.29, 1.82) is 0 Å². The van der Waals surface area contributed by atoms with Crippen LogP contribution in [-0.2, 0) is 6.54 Å². The summed E-state index contributed by atoms with van der Waals surface area (Å²) in [7, 11) is 0. The van der Waals surface area contributed by atoms with Crippen LogP contribution in [0.4, 0.5) is 13.2 Å². The second-order valence-corrected chi connectivity index (χ2v) is 5.73. The van der Waals surface area contributed by atoms with Crippen LogP contribution in [-0.4, -0.2) is 24.0 Å². The van der Waals surface area contributed by atoms with Gasteiger partial charge in [-0.1, -0.05) is 30.3 Å². The molecule has 2 atom stereocenters. The van der Waals surface area contributed by atoms with Crippen LogP contribution in [0.1, 0.15) is 17.0 Å². The molecule has 0 amide bonds. The molecule has 2 aromatic rings. The van der Waals surface area contributed by atoms with Crippen molar-refractivity contribution in [2.75, 3.05) is 13.1 Å².